The molecule has 0 saturated heterocycles. The smallest absolute Gasteiger partial charge is 0.267 e. The fraction of sp³-hybridized carbons (Fsp3) is 0.115. The molecule has 4 heterocycles. The number of rotatable bonds is 6. The van der Waals surface area contributed by atoms with Crippen LogP contribution in [-0.4, -0.2) is 30.3 Å². The van der Waals surface area contributed by atoms with Crippen LogP contribution in [-0.2, 0) is 0 Å². The fourth-order valence-electron chi connectivity index (χ4n) is 3.78. The minimum Gasteiger partial charge on any atom is -0.439 e. The van der Waals surface area contributed by atoms with Crippen molar-refractivity contribution < 1.29 is 9.53 Å². The summed E-state index contributed by atoms with van der Waals surface area (Å²) in [7, 11) is 0. The van der Waals surface area contributed by atoms with Crippen molar-refractivity contribution in [3.63, 3.8) is 0 Å². The first-order valence-electron chi connectivity index (χ1n) is 11.0. The summed E-state index contributed by atoms with van der Waals surface area (Å²) < 4.78 is 9.14. The van der Waals surface area contributed by atoms with Gasteiger partial charge < -0.3 is 10.5 Å². The van der Waals surface area contributed by atoms with Gasteiger partial charge in [0.1, 0.15) is 11.4 Å². The molecule has 0 unspecified atom stereocenters. The summed E-state index contributed by atoms with van der Waals surface area (Å²) in [4.78, 5) is 27.8. The largest absolute Gasteiger partial charge is 0.439 e. The third-order valence-corrected chi connectivity index (χ3v) is 5.47. The molecule has 0 fully saturated rings. The first-order valence-corrected chi connectivity index (χ1v) is 11.0. The Bertz CT molecular complexity index is 1590. The van der Waals surface area contributed by atoms with Gasteiger partial charge in [0, 0.05) is 36.2 Å². The van der Waals surface area contributed by atoms with Crippen molar-refractivity contribution in [2.75, 3.05) is 0 Å². The summed E-state index contributed by atoms with van der Waals surface area (Å²) in [6, 6.07) is 19.7. The van der Waals surface area contributed by atoms with E-state index in [1.807, 2.05) is 50.2 Å². The molecule has 0 spiro atoms. The van der Waals surface area contributed by atoms with Crippen molar-refractivity contribution in [3.05, 3.63) is 95.0 Å². The molecule has 5 aromatic rings. The van der Waals surface area contributed by atoms with Gasteiger partial charge in [-0.3, -0.25) is 9.59 Å². The van der Waals surface area contributed by atoms with Crippen molar-refractivity contribution in [1.82, 2.24) is 24.4 Å². The van der Waals surface area contributed by atoms with Crippen LogP contribution in [0.15, 0.2) is 83.9 Å². The number of primary amides is 1. The predicted molar refractivity (Wildman–Crippen MR) is 131 cm³/mol. The lowest BCUT2D eigenvalue weighted by atomic mass is 10.0. The quantitative estimate of drug-likeness (QED) is 0.403. The predicted octanol–water partition coefficient (Wildman–Crippen LogP) is 4.09. The van der Waals surface area contributed by atoms with E-state index in [0.717, 1.165) is 22.3 Å². The number of amides is 1. The number of fused-ring (bicyclic) bond motifs is 1. The molecule has 5 rings (SSSR count). The maximum absolute atomic E-state index is 12.3. The molecule has 0 radical (unpaired) electrons. The number of aromatic nitrogens is 5. The van der Waals surface area contributed by atoms with E-state index in [0.29, 0.717) is 22.9 Å². The first-order chi connectivity index (χ1) is 16.9. The highest BCUT2D eigenvalue weighted by Crippen LogP contribution is 2.35. The highest BCUT2D eigenvalue weighted by atomic mass is 16.5. The van der Waals surface area contributed by atoms with Gasteiger partial charge in [-0.05, 0) is 32.0 Å². The lowest BCUT2D eigenvalue weighted by Gasteiger charge is -2.11. The van der Waals surface area contributed by atoms with Gasteiger partial charge in [0.2, 0.25) is 11.8 Å². The zero-order valence-corrected chi connectivity index (χ0v) is 19.1. The fourth-order valence-corrected chi connectivity index (χ4v) is 3.78. The first kappa shape index (κ1) is 22.0. The topological polar surface area (TPSA) is 117 Å². The Morgan fingerprint density at radius 2 is 1.80 bits per heavy atom. The minimum absolute atomic E-state index is 0.0993. The Labute approximate surface area is 200 Å². The van der Waals surface area contributed by atoms with Gasteiger partial charge in [-0.15, -0.1) is 0 Å². The van der Waals surface area contributed by atoms with Crippen LogP contribution in [0.25, 0.3) is 28.0 Å². The number of hydrogen-bond donors (Lipinski definition) is 1. The van der Waals surface area contributed by atoms with Crippen LogP contribution >= 0.6 is 0 Å². The summed E-state index contributed by atoms with van der Waals surface area (Å²) in [5.74, 6) is 0.281. The Hall–Kier alpha value is -4.79. The van der Waals surface area contributed by atoms with E-state index in [-0.39, 0.29) is 11.6 Å². The van der Waals surface area contributed by atoms with Gasteiger partial charge in [-0.1, -0.05) is 30.3 Å². The van der Waals surface area contributed by atoms with E-state index in [9.17, 15) is 9.59 Å². The molecular weight excluding hydrogens is 444 g/mol. The van der Waals surface area contributed by atoms with Gasteiger partial charge in [-0.2, -0.15) is 10.2 Å². The maximum atomic E-state index is 12.3. The van der Waals surface area contributed by atoms with Crippen LogP contribution in [0.1, 0.15) is 30.2 Å². The number of carbonyl (C=O) groups excluding carboxylic acids is 1. The molecule has 174 valence electrons. The lowest BCUT2D eigenvalue weighted by Crippen LogP contribution is -2.23. The molecule has 0 bridgehead atoms. The molecule has 0 saturated carbocycles. The van der Waals surface area contributed by atoms with E-state index in [1.165, 1.54) is 16.9 Å². The summed E-state index contributed by atoms with van der Waals surface area (Å²) >= 11 is 0. The minimum atomic E-state index is -0.557. The molecule has 0 aliphatic heterocycles. The average Bonchev–Trinajstić information content (AvgIpc) is 3.24. The molecule has 0 atom stereocenters. The number of benzene rings is 1. The second-order valence-corrected chi connectivity index (χ2v) is 8.23. The van der Waals surface area contributed by atoms with Gasteiger partial charge in [0.05, 0.1) is 28.4 Å². The molecule has 0 aliphatic carbocycles. The normalized spacial score (nSPS) is 11.2. The third-order valence-electron chi connectivity index (χ3n) is 5.47. The van der Waals surface area contributed by atoms with Crippen molar-refractivity contribution in [2.45, 2.75) is 19.9 Å². The van der Waals surface area contributed by atoms with Crippen LogP contribution in [0.5, 0.6) is 11.6 Å². The SMILES string of the molecule is CC(C)n1nc(-c2c(-c3ccccc3)nn3ccc(Oc4ccc(C(N)=O)cn4)cc23)ccc1=O. The molecule has 4 aromatic heterocycles. The highest BCUT2D eigenvalue weighted by molar-refractivity contribution is 5.92. The van der Waals surface area contributed by atoms with Crippen LogP contribution in [0.2, 0.25) is 0 Å². The highest BCUT2D eigenvalue weighted by Gasteiger charge is 2.20. The van der Waals surface area contributed by atoms with Crippen LogP contribution in [0, 0.1) is 0 Å². The summed E-state index contributed by atoms with van der Waals surface area (Å²) in [6.07, 6.45) is 3.16. The summed E-state index contributed by atoms with van der Waals surface area (Å²) in [6.45, 7) is 3.82. The second-order valence-electron chi connectivity index (χ2n) is 8.23. The Kier molecular flexibility index (Phi) is 5.58. The van der Waals surface area contributed by atoms with Crippen molar-refractivity contribution in [3.8, 4) is 34.1 Å². The van der Waals surface area contributed by atoms with E-state index in [2.05, 4.69) is 10.1 Å². The zero-order chi connectivity index (χ0) is 24.5. The third kappa shape index (κ3) is 4.26. The molecule has 1 aromatic carbocycles. The number of nitrogens with two attached hydrogens (primary N) is 1. The van der Waals surface area contributed by atoms with Gasteiger partial charge in [0.25, 0.3) is 5.56 Å². The van der Waals surface area contributed by atoms with E-state index < -0.39 is 5.91 Å². The molecule has 9 nitrogen and oxygen atoms in total. The molecule has 0 aliphatic rings. The monoisotopic (exact) mass is 466 g/mol. The Morgan fingerprint density at radius 1 is 1.00 bits per heavy atom. The molecule has 35 heavy (non-hydrogen) atoms. The maximum Gasteiger partial charge on any atom is 0.267 e. The van der Waals surface area contributed by atoms with E-state index in [4.69, 9.17) is 15.6 Å². The van der Waals surface area contributed by atoms with Gasteiger partial charge >= 0.3 is 0 Å². The zero-order valence-electron chi connectivity index (χ0n) is 19.1. The summed E-state index contributed by atoms with van der Waals surface area (Å²) in [5, 5.41) is 9.45. The van der Waals surface area contributed by atoms with E-state index in [1.54, 1.807) is 35.0 Å². The standard InChI is InChI=1S/C26H22N6O3/c1-16(2)32-23(33)11-9-20(29-32)24-21-14-19(35-22-10-8-18(15-28-22)26(27)34)12-13-31(21)30-25(24)17-6-4-3-5-7-17/h3-16H,1-2H3,(H2,27,34). The van der Waals surface area contributed by atoms with Crippen molar-refractivity contribution >= 4 is 11.4 Å². The number of pyridine rings is 2. The molecule has 9 heteroatoms. The van der Waals surface area contributed by atoms with Crippen LogP contribution in [0.3, 0.4) is 0 Å². The molecular formula is C26H22N6O3. The second kappa shape index (κ2) is 8.86. The van der Waals surface area contributed by atoms with Crippen LogP contribution < -0.4 is 16.0 Å². The van der Waals surface area contributed by atoms with Crippen LogP contribution in [0.4, 0.5) is 0 Å². The average molecular weight is 467 g/mol. The van der Waals surface area contributed by atoms with E-state index >= 15 is 0 Å². The number of hydrogen-bond acceptors (Lipinski definition) is 6. The Balaban J connectivity index is 1.66. The lowest BCUT2D eigenvalue weighted by molar-refractivity contribution is 0.1000. The van der Waals surface area contributed by atoms with Crippen molar-refractivity contribution in [1.29, 1.82) is 0 Å². The molecule has 2 N–H and O–H groups in total. The number of carbonyl (C=O) groups is 1. The number of nitrogens with zero attached hydrogens (tertiary/aromatic N) is 5. The summed E-state index contributed by atoms with van der Waals surface area (Å²) in [5.41, 5.74) is 9.19. The molecule has 1 amide bonds. The Morgan fingerprint density at radius 3 is 2.49 bits per heavy atom. The van der Waals surface area contributed by atoms with Crippen molar-refractivity contribution in [2.24, 2.45) is 5.73 Å². The van der Waals surface area contributed by atoms with Gasteiger partial charge in [-0.25, -0.2) is 14.2 Å². The van der Waals surface area contributed by atoms with Gasteiger partial charge in [0.15, 0.2) is 0 Å². The number of ether oxygens (including phenoxy) is 1.